The van der Waals surface area contributed by atoms with E-state index in [0.29, 0.717) is 28.0 Å². The van der Waals surface area contributed by atoms with Crippen LogP contribution in [-0.4, -0.2) is 25.0 Å². The minimum absolute atomic E-state index is 0.0156. The molecule has 26 heavy (non-hydrogen) atoms. The molecule has 2 aromatic rings. The Bertz CT molecular complexity index is 841. The lowest BCUT2D eigenvalue weighted by molar-refractivity contribution is -0.122. The fourth-order valence-corrected chi connectivity index (χ4v) is 3.10. The van der Waals surface area contributed by atoms with Gasteiger partial charge in [-0.1, -0.05) is 41.4 Å². The Balaban J connectivity index is 1.60. The average Bonchev–Trinajstić information content (AvgIpc) is 2.63. The Hall–Kier alpha value is -2.24. The number of fused-ring (bicyclic) bond motifs is 1. The van der Waals surface area contributed by atoms with Crippen molar-refractivity contribution in [2.24, 2.45) is 0 Å². The molecule has 2 amide bonds. The third kappa shape index (κ3) is 4.11. The molecule has 2 aromatic carbocycles. The number of para-hydroxylation sites is 2. The maximum absolute atomic E-state index is 12.3. The van der Waals surface area contributed by atoms with Crippen LogP contribution < -0.4 is 15.0 Å². The lowest BCUT2D eigenvalue weighted by atomic mass is 10.1. The first-order valence-electron chi connectivity index (χ1n) is 8.22. The van der Waals surface area contributed by atoms with Gasteiger partial charge in [0, 0.05) is 13.0 Å². The molecule has 0 spiro atoms. The summed E-state index contributed by atoms with van der Waals surface area (Å²) in [6.07, 6.45) is 0.186. The fraction of sp³-hybridized carbons (Fsp3) is 0.263. The minimum Gasteiger partial charge on any atom is -0.482 e. The first-order chi connectivity index (χ1) is 12.5. The highest BCUT2D eigenvalue weighted by molar-refractivity contribution is 6.42. The summed E-state index contributed by atoms with van der Waals surface area (Å²) in [5, 5.41) is 3.83. The lowest BCUT2D eigenvalue weighted by Gasteiger charge is -2.29. The topological polar surface area (TPSA) is 58.6 Å². The molecule has 1 aliphatic heterocycles. The van der Waals surface area contributed by atoms with Crippen molar-refractivity contribution in [2.45, 2.75) is 19.4 Å². The van der Waals surface area contributed by atoms with Crippen molar-refractivity contribution >= 4 is 40.7 Å². The van der Waals surface area contributed by atoms with Crippen molar-refractivity contribution in [3.63, 3.8) is 0 Å². The molecule has 1 N–H and O–H groups in total. The van der Waals surface area contributed by atoms with Crippen LogP contribution in [0.4, 0.5) is 5.69 Å². The number of carbonyl (C=O) groups is 2. The molecule has 0 saturated heterocycles. The van der Waals surface area contributed by atoms with Crippen LogP contribution in [0.3, 0.4) is 0 Å². The second-order valence-corrected chi connectivity index (χ2v) is 6.83. The van der Waals surface area contributed by atoms with Gasteiger partial charge in [-0.2, -0.15) is 0 Å². The Morgan fingerprint density at radius 3 is 2.77 bits per heavy atom. The van der Waals surface area contributed by atoms with Crippen LogP contribution in [0.15, 0.2) is 42.5 Å². The van der Waals surface area contributed by atoms with E-state index in [1.165, 1.54) is 0 Å². The predicted octanol–water partition coefficient (Wildman–Crippen LogP) is 3.99. The number of amides is 2. The molecule has 0 aromatic heterocycles. The zero-order chi connectivity index (χ0) is 18.7. The third-order valence-electron chi connectivity index (χ3n) is 4.19. The van der Waals surface area contributed by atoms with Gasteiger partial charge in [-0.15, -0.1) is 0 Å². The first-order valence-corrected chi connectivity index (χ1v) is 8.98. The number of nitrogens with one attached hydrogen (secondary N) is 1. The van der Waals surface area contributed by atoms with Gasteiger partial charge in [0.05, 0.1) is 21.8 Å². The van der Waals surface area contributed by atoms with Crippen molar-refractivity contribution in [2.75, 3.05) is 18.1 Å². The number of halogens is 2. The van der Waals surface area contributed by atoms with Crippen LogP contribution in [-0.2, 0) is 9.59 Å². The van der Waals surface area contributed by atoms with E-state index in [2.05, 4.69) is 5.32 Å². The van der Waals surface area contributed by atoms with Gasteiger partial charge >= 0.3 is 0 Å². The second kappa shape index (κ2) is 7.98. The SMILES string of the molecule is C[C@H](NC(=O)CCN1C(=O)COc2ccccc21)c1ccc(Cl)c(Cl)c1. The Kier molecular flexibility index (Phi) is 5.69. The van der Waals surface area contributed by atoms with E-state index in [9.17, 15) is 9.59 Å². The summed E-state index contributed by atoms with van der Waals surface area (Å²) in [5.41, 5.74) is 1.55. The molecule has 0 aliphatic carbocycles. The number of hydrogen-bond acceptors (Lipinski definition) is 3. The molecule has 1 heterocycles. The van der Waals surface area contributed by atoms with Crippen LogP contribution in [0.25, 0.3) is 0 Å². The molecule has 0 fully saturated rings. The monoisotopic (exact) mass is 392 g/mol. The highest BCUT2D eigenvalue weighted by Crippen LogP contribution is 2.31. The third-order valence-corrected chi connectivity index (χ3v) is 4.93. The van der Waals surface area contributed by atoms with Crippen LogP contribution in [0, 0.1) is 0 Å². The molecular weight excluding hydrogens is 375 g/mol. The molecular formula is C19H18Cl2N2O3. The van der Waals surface area contributed by atoms with Crippen molar-refractivity contribution in [3.8, 4) is 5.75 Å². The van der Waals surface area contributed by atoms with Crippen molar-refractivity contribution in [1.29, 1.82) is 0 Å². The zero-order valence-corrected chi connectivity index (χ0v) is 15.7. The highest BCUT2D eigenvalue weighted by Gasteiger charge is 2.25. The van der Waals surface area contributed by atoms with Crippen molar-refractivity contribution < 1.29 is 14.3 Å². The van der Waals surface area contributed by atoms with E-state index >= 15 is 0 Å². The number of nitrogens with zero attached hydrogens (tertiary/aromatic N) is 1. The summed E-state index contributed by atoms with van der Waals surface area (Å²) in [7, 11) is 0. The van der Waals surface area contributed by atoms with Gasteiger partial charge in [-0.05, 0) is 36.8 Å². The molecule has 0 radical (unpaired) electrons. The average molecular weight is 393 g/mol. The quantitative estimate of drug-likeness (QED) is 0.836. The zero-order valence-electron chi connectivity index (χ0n) is 14.2. The summed E-state index contributed by atoms with van der Waals surface area (Å²) in [6.45, 7) is 2.14. The van der Waals surface area contributed by atoms with Crippen LogP contribution in [0.1, 0.15) is 24.9 Å². The van der Waals surface area contributed by atoms with Gasteiger partial charge in [0.15, 0.2) is 6.61 Å². The molecule has 1 aliphatic rings. The summed E-state index contributed by atoms with van der Waals surface area (Å²) in [4.78, 5) is 26.0. The molecule has 0 bridgehead atoms. The van der Waals surface area contributed by atoms with Gasteiger partial charge in [0.25, 0.3) is 5.91 Å². The first kappa shape index (κ1) is 18.5. The Morgan fingerprint density at radius 1 is 1.23 bits per heavy atom. The van der Waals surface area contributed by atoms with Gasteiger partial charge in [0.1, 0.15) is 5.75 Å². The highest BCUT2D eigenvalue weighted by atomic mass is 35.5. The minimum atomic E-state index is -0.218. The maximum atomic E-state index is 12.3. The number of hydrogen-bond donors (Lipinski definition) is 1. The summed E-state index contributed by atoms with van der Waals surface area (Å²) >= 11 is 11.9. The van der Waals surface area contributed by atoms with Crippen LogP contribution >= 0.6 is 23.2 Å². The number of benzene rings is 2. The summed E-state index contributed by atoms with van der Waals surface area (Å²) in [5.74, 6) is 0.339. The molecule has 0 unspecified atom stereocenters. The van der Waals surface area contributed by atoms with Crippen LogP contribution in [0.2, 0.25) is 10.0 Å². The van der Waals surface area contributed by atoms with E-state index in [4.69, 9.17) is 27.9 Å². The van der Waals surface area contributed by atoms with E-state index in [1.807, 2.05) is 31.2 Å². The van der Waals surface area contributed by atoms with Gasteiger partial charge in [0.2, 0.25) is 5.91 Å². The van der Waals surface area contributed by atoms with E-state index in [0.717, 1.165) is 5.56 Å². The van der Waals surface area contributed by atoms with E-state index < -0.39 is 0 Å². The number of rotatable bonds is 5. The smallest absolute Gasteiger partial charge is 0.265 e. The summed E-state index contributed by atoms with van der Waals surface area (Å²) < 4.78 is 5.40. The molecule has 136 valence electrons. The van der Waals surface area contributed by atoms with E-state index in [-0.39, 0.29) is 30.9 Å². The van der Waals surface area contributed by atoms with Crippen LogP contribution in [0.5, 0.6) is 5.75 Å². The lowest BCUT2D eigenvalue weighted by Crippen LogP contribution is -2.41. The standard InChI is InChI=1S/C19H18Cl2N2O3/c1-12(13-6-7-14(20)15(21)10-13)22-18(24)8-9-23-16-4-2-3-5-17(16)26-11-19(23)25/h2-7,10,12H,8-9,11H2,1H3,(H,22,24)/t12-/m0/s1. The van der Waals surface area contributed by atoms with Crippen molar-refractivity contribution in [3.05, 3.63) is 58.1 Å². The number of ether oxygens (including phenoxy) is 1. The molecule has 5 nitrogen and oxygen atoms in total. The number of anilines is 1. The molecule has 7 heteroatoms. The van der Waals surface area contributed by atoms with Gasteiger partial charge < -0.3 is 15.0 Å². The largest absolute Gasteiger partial charge is 0.482 e. The van der Waals surface area contributed by atoms with Gasteiger partial charge in [-0.25, -0.2) is 0 Å². The number of carbonyl (C=O) groups excluding carboxylic acids is 2. The normalized spacial score (nSPS) is 14.4. The van der Waals surface area contributed by atoms with Gasteiger partial charge in [-0.3, -0.25) is 9.59 Å². The van der Waals surface area contributed by atoms with Crippen molar-refractivity contribution in [1.82, 2.24) is 5.32 Å². The Morgan fingerprint density at radius 2 is 2.00 bits per heavy atom. The van der Waals surface area contributed by atoms with E-state index in [1.54, 1.807) is 23.1 Å². The molecule has 3 rings (SSSR count). The maximum Gasteiger partial charge on any atom is 0.265 e. The second-order valence-electron chi connectivity index (χ2n) is 6.01. The molecule has 1 atom stereocenters. The fourth-order valence-electron chi connectivity index (χ4n) is 2.79. The molecule has 0 saturated carbocycles. The Labute approximate surface area is 161 Å². The predicted molar refractivity (Wildman–Crippen MR) is 102 cm³/mol. The summed E-state index contributed by atoms with van der Waals surface area (Å²) in [6, 6.07) is 12.3.